The number of hydrogen-bond donors (Lipinski definition) is 0. The van der Waals surface area contributed by atoms with E-state index in [9.17, 15) is 0 Å². The zero-order chi connectivity index (χ0) is 14.8. The van der Waals surface area contributed by atoms with Gasteiger partial charge < -0.3 is 0 Å². The minimum absolute atomic E-state index is 0.00730. The van der Waals surface area contributed by atoms with Gasteiger partial charge in [0, 0.05) is 10.7 Å². The van der Waals surface area contributed by atoms with Crippen LogP contribution in [0.3, 0.4) is 0 Å². The molecule has 1 fully saturated rings. The first-order valence-electron chi connectivity index (χ1n) is 7.22. The number of rotatable bonds is 3. The molecule has 0 radical (unpaired) electrons. The third-order valence-electron chi connectivity index (χ3n) is 3.57. The second-order valence-corrected chi connectivity index (χ2v) is 9.14. The molecule has 0 amide bonds. The van der Waals surface area contributed by atoms with Gasteiger partial charge in [0.05, 0.1) is 15.0 Å². The molecule has 0 N–H and O–H groups in total. The highest BCUT2D eigenvalue weighted by Crippen LogP contribution is 2.32. The van der Waals surface area contributed by atoms with Crippen molar-refractivity contribution >= 4 is 46.0 Å². The Morgan fingerprint density at radius 1 is 1.20 bits per heavy atom. The lowest BCUT2D eigenvalue weighted by Crippen LogP contribution is -2.18. The van der Waals surface area contributed by atoms with E-state index in [0.717, 1.165) is 26.1 Å². The van der Waals surface area contributed by atoms with Crippen LogP contribution in [0, 0.1) is 3.57 Å². The highest BCUT2D eigenvalue weighted by atomic mass is 127. The van der Waals surface area contributed by atoms with Crippen molar-refractivity contribution in [3.63, 3.8) is 0 Å². The fourth-order valence-corrected chi connectivity index (χ4v) is 4.87. The van der Waals surface area contributed by atoms with Crippen molar-refractivity contribution in [1.82, 2.24) is 9.97 Å². The first kappa shape index (κ1) is 16.8. The van der Waals surface area contributed by atoms with Crippen molar-refractivity contribution < 1.29 is 0 Å². The van der Waals surface area contributed by atoms with Crippen LogP contribution in [0.2, 0.25) is 5.15 Å². The topological polar surface area (TPSA) is 25.8 Å². The SMILES string of the molecule is CC(C)(C)c1nc(CSC2CCCCC2)nc(Cl)c1I. The predicted octanol–water partition coefficient (Wildman–Crippen LogP) is 5.60. The molecule has 1 aromatic heterocycles. The number of hydrogen-bond acceptors (Lipinski definition) is 3. The molecule has 2 rings (SSSR count). The number of thioether (sulfide) groups is 1. The minimum Gasteiger partial charge on any atom is -0.235 e. The molecule has 0 spiro atoms. The Hall–Kier alpha value is 0.450. The summed E-state index contributed by atoms with van der Waals surface area (Å²) in [4.78, 5) is 9.22. The second-order valence-electron chi connectivity index (χ2n) is 6.41. The molecule has 112 valence electrons. The van der Waals surface area contributed by atoms with Gasteiger partial charge in [-0.1, -0.05) is 51.6 Å². The van der Waals surface area contributed by atoms with Crippen LogP contribution in [-0.4, -0.2) is 15.2 Å². The summed E-state index contributed by atoms with van der Waals surface area (Å²) in [5.41, 5.74) is 1.07. The summed E-state index contributed by atoms with van der Waals surface area (Å²) in [7, 11) is 0. The van der Waals surface area contributed by atoms with Crippen LogP contribution in [0.1, 0.15) is 64.4 Å². The van der Waals surface area contributed by atoms with Crippen LogP contribution >= 0.6 is 46.0 Å². The number of nitrogens with zero attached hydrogens (tertiary/aromatic N) is 2. The Morgan fingerprint density at radius 3 is 2.45 bits per heavy atom. The van der Waals surface area contributed by atoms with Gasteiger partial charge in [0.1, 0.15) is 11.0 Å². The molecule has 0 aliphatic heterocycles. The fraction of sp³-hybridized carbons (Fsp3) is 0.733. The van der Waals surface area contributed by atoms with Gasteiger partial charge in [0.25, 0.3) is 0 Å². The quantitative estimate of drug-likeness (QED) is 0.467. The van der Waals surface area contributed by atoms with Gasteiger partial charge in [-0.25, -0.2) is 9.97 Å². The third-order valence-corrected chi connectivity index (χ3v) is 6.55. The van der Waals surface area contributed by atoms with E-state index < -0.39 is 0 Å². The van der Waals surface area contributed by atoms with E-state index in [2.05, 4.69) is 48.3 Å². The molecule has 0 aromatic carbocycles. The third kappa shape index (κ3) is 4.47. The number of halogens is 2. The van der Waals surface area contributed by atoms with E-state index in [-0.39, 0.29) is 5.41 Å². The fourth-order valence-electron chi connectivity index (χ4n) is 2.45. The maximum absolute atomic E-state index is 6.28. The lowest BCUT2D eigenvalue weighted by atomic mass is 9.92. The summed E-state index contributed by atoms with van der Waals surface area (Å²) in [5.74, 6) is 1.76. The second kappa shape index (κ2) is 7.14. The van der Waals surface area contributed by atoms with Gasteiger partial charge in [-0.2, -0.15) is 11.8 Å². The van der Waals surface area contributed by atoms with Gasteiger partial charge in [-0.05, 0) is 35.4 Å². The maximum Gasteiger partial charge on any atom is 0.146 e. The van der Waals surface area contributed by atoms with Crippen LogP contribution in [0.4, 0.5) is 0 Å². The Labute approximate surface area is 145 Å². The predicted molar refractivity (Wildman–Crippen MR) is 96.6 cm³/mol. The highest BCUT2D eigenvalue weighted by molar-refractivity contribution is 14.1. The standard InChI is InChI=1S/C15H22ClIN2S/c1-15(2,3)13-12(17)14(16)19-11(18-13)9-20-10-7-5-4-6-8-10/h10H,4-9H2,1-3H3. The first-order chi connectivity index (χ1) is 9.38. The van der Waals surface area contributed by atoms with E-state index in [1.54, 1.807) is 0 Å². The average Bonchev–Trinajstić information content (AvgIpc) is 2.40. The normalized spacial score (nSPS) is 17.4. The summed E-state index contributed by atoms with van der Waals surface area (Å²) in [5, 5.41) is 1.38. The van der Waals surface area contributed by atoms with E-state index in [1.165, 1.54) is 32.1 Å². The summed E-state index contributed by atoms with van der Waals surface area (Å²) in [6.07, 6.45) is 6.83. The first-order valence-corrected chi connectivity index (χ1v) is 9.72. The zero-order valence-corrected chi connectivity index (χ0v) is 16.1. The Morgan fingerprint density at radius 2 is 1.85 bits per heavy atom. The van der Waals surface area contributed by atoms with Crippen LogP contribution in [0.15, 0.2) is 0 Å². The Balaban J connectivity index is 2.10. The van der Waals surface area contributed by atoms with Crippen molar-refractivity contribution in [3.05, 3.63) is 20.2 Å². The van der Waals surface area contributed by atoms with E-state index in [4.69, 9.17) is 16.6 Å². The van der Waals surface area contributed by atoms with Gasteiger partial charge in [0.15, 0.2) is 0 Å². The van der Waals surface area contributed by atoms with Crippen LogP contribution < -0.4 is 0 Å². The average molecular weight is 425 g/mol. The molecule has 1 saturated carbocycles. The van der Waals surface area contributed by atoms with Crippen molar-refractivity contribution in [1.29, 1.82) is 0 Å². The van der Waals surface area contributed by atoms with Crippen molar-refractivity contribution in [2.75, 3.05) is 0 Å². The summed E-state index contributed by atoms with van der Waals surface area (Å²) >= 11 is 10.5. The van der Waals surface area contributed by atoms with Crippen LogP contribution in [0.5, 0.6) is 0 Å². The van der Waals surface area contributed by atoms with Crippen molar-refractivity contribution in [2.24, 2.45) is 0 Å². The highest BCUT2D eigenvalue weighted by Gasteiger charge is 2.23. The Bertz CT molecular complexity index is 468. The summed E-state index contributed by atoms with van der Waals surface area (Å²) in [6.45, 7) is 6.52. The molecule has 0 bridgehead atoms. The molecule has 0 atom stereocenters. The largest absolute Gasteiger partial charge is 0.235 e. The lowest BCUT2D eigenvalue weighted by molar-refractivity contribution is 0.515. The van der Waals surface area contributed by atoms with Crippen LogP contribution in [-0.2, 0) is 11.2 Å². The van der Waals surface area contributed by atoms with Gasteiger partial charge >= 0.3 is 0 Å². The molecule has 20 heavy (non-hydrogen) atoms. The monoisotopic (exact) mass is 424 g/mol. The zero-order valence-electron chi connectivity index (χ0n) is 12.4. The van der Waals surface area contributed by atoms with Crippen molar-refractivity contribution in [2.45, 2.75) is 69.3 Å². The lowest BCUT2D eigenvalue weighted by Gasteiger charge is -2.22. The van der Waals surface area contributed by atoms with Crippen LogP contribution in [0.25, 0.3) is 0 Å². The van der Waals surface area contributed by atoms with Crippen molar-refractivity contribution in [3.8, 4) is 0 Å². The molecule has 5 heteroatoms. The van der Waals surface area contributed by atoms with E-state index in [0.29, 0.717) is 5.15 Å². The minimum atomic E-state index is 0.00730. The molecular formula is C15H22ClIN2S. The molecule has 0 unspecified atom stereocenters. The number of aromatic nitrogens is 2. The molecule has 0 saturated heterocycles. The van der Waals surface area contributed by atoms with Gasteiger partial charge in [0.2, 0.25) is 0 Å². The van der Waals surface area contributed by atoms with E-state index in [1.807, 2.05) is 11.8 Å². The molecular weight excluding hydrogens is 403 g/mol. The Kier molecular flexibility index (Phi) is 6.00. The molecule has 2 nitrogen and oxygen atoms in total. The van der Waals surface area contributed by atoms with Gasteiger partial charge in [-0.15, -0.1) is 0 Å². The molecule has 1 aromatic rings. The molecule has 1 aliphatic carbocycles. The maximum atomic E-state index is 6.28. The molecule has 1 heterocycles. The smallest absolute Gasteiger partial charge is 0.146 e. The van der Waals surface area contributed by atoms with Gasteiger partial charge in [-0.3, -0.25) is 0 Å². The summed E-state index contributed by atoms with van der Waals surface area (Å²) < 4.78 is 0.989. The summed E-state index contributed by atoms with van der Waals surface area (Å²) in [6, 6.07) is 0. The molecule has 1 aliphatic rings. The van der Waals surface area contributed by atoms with E-state index >= 15 is 0 Å².